The van der Waals surface area contributed by atoms with Crippen LogP contribution in [-0.2, 0) is 0 Å². The molecule has 334 valence electrons. The molecule has 0 aliphatic heterocycles. The fraction of sp³-hybridized carbons (Fsp3) is 0. The lowest BCUT2D eigenvalue weighted by Gasteiger charge is -2.17. The van der Waals surface area contributed by atoms with Gasteiger partial charge in [0, 0.05) is 76.0 Å². The second-order valence-corrected chi connectivity index (χ2v) is 19.2. The Labute approximate surface area is 409 Å². The van der Waals surface area contributed by atoms with Crippen LogP contribution in [0.5, 0.6) is 0 Å². The average molecular weight is 919 g/mol. The van der Waals surface area contributed by atoms with Crippen molar-refractivity contribution < 1.29 is 8.83 Å². The van der Waals surface area contributed by atoms with Crippen molar-refractivity contribution in [3.8, 4) is 22.7 Å². The number of rotatable bonds is 4. The maximum absolute atomic E-state index is 6.32. The monoisotopic (exact) mass is 918 g/mol. The van der Waals surface area contributed by atoms with Gasteiger partial charge in [-0.25, -0.2) is 0 Å². The summed E-state index contributed by atoms with van der Waals surface area (Å²) in [5, 5.41) is 14.1. The molecule has 0 fully saturated rings. The Morgan fingerprint density at radius 3 is 1.01 bits per heavy atom. The van der Waals surface area contributed by atoms with E-state index in [1.165, 1.54) is 54.1 Å². The Kier molecular flexibility index (Phi) is 7.38. The summed E-state index contributed by atoms with van der Waals surface area (Å²) in [7, 11) is 0. The minimum atomic E-state index is 0.885. The van der Waals surface area contributed by atoms with Crippen molar-refractivity contribution in [3.05, 3.63) is 231 Å². The van der Waals surface area contributed by atoms with Crippen LogP contribution < -0.4 is 0 Å². The predicted molar refractivity (Wildman–Crippen MR) is 298 cm³/mol. The maximum atomic E-state index is 6.32. The molecule has 0 atom stereocenters. The molecule has 11 aromatic carbocycles. The van der Waals surface area contributed by atoms with E-state index in [0.717, 1.165) is 99.7 Å². The SMILES string of the molecule is c1ccc(-n2c3ccccc3c3ccc4c(c5ccccc5n4-c4ccc5oc6ccccc6c5c4)c32)c(-n2c3ccccc3c3ccc4c(c5ccccc5n4-c4ccc5oc6ccccc6c5c4)c32)c1. The van der Waals surface area contributed by atoms with Crippen LogP contribution in [0.15, 0.2) is 239 Å². The largest absolute Gasteiger partial charge is 0.456 e. The molecule has 0 aliphatic rings. The summed E-state index contributed by atoms with van der Waals surface area (Å²) in [6, 6.07) is 83.8. The van der Waals surface area contributed by atoms with E-state index in [-0.39, 0.29) is 0 Å². The fourth-order valence-corrected chi connectivity index (χ4v) is 12.6. The highest BCUT2D eigenvalue weighted by atomic mass is 16.3. The maximum Gasteiger partial charge on any atom is 0.135 e. The molecule has 0 saturated heterocycles. The Balaban J connectivity index is 0.979. The molecule has 0 N–H and O–H groups in total. The van der Waals surface area contributed by atoms with E-state index in [4.69, 9.17) is 8.83 Å². The third-order valence-electron chi connectivity index (χ3n) is 15.5. The van der Waals surface area contributed by atoms with Gasteiger partial charge in [0.05, 0.1) is 55.5 Å². The zero-order chi connectivity index (χ0) is 46.8. The first kappa shape index (κ1) is 38.1. The quantitative estimate of drug-likeness (QED) is 0.177. The van der Waals surface area contributed by atoms with Gasteiger partial charge < -0.3 is 27.1 Å². The van der Waals surface area contributed by atoms with Crippen LogP contribution in [0.1, 0.15) is 0 Å². The molecule has 0 spiro atoms. The molecule has 0 radical (unpaired) electrons. The molecule has 0 saturated carbocycles. The molecule has 0 amide bonds. The molecule has 6 heteroatoms. The lowest BCUT2D eigenvalue weighted by atomic mass is 10.1. The number of fused-ring (bicyclic) bond motifs is 20. The number of nitrogens with zero attached hydrogens (tertiary/aromatic N) is 4. The van der Waals surface area contributed by atoms with Gasteiger partial charge >= 0.3 is 0 Å². The number of para-hydroxylation sites is 8. The molecule has 0 unspecified atom stereocenters. The Morgan fingerprint density at radius 2 is 0.569 bits per heavy atom. The first-order valence-corrected chi connectivity index (χ1v) is 24.6. The minimum absolute atomic E-state index is 0.885. The van der Waals surface area contributed by atoms with E-state index in [1.807, 2.05) is 24.3 Å². The molecule has 6 heterocycles. The third-order valence-corrected chi connectivity index (χ3v) is 15.5. The van der Waals surface area contributed by atoms with Gasteiger partial charge in [-0.2, -0.15) is 0 Å². The molecule has 0 bridgehead atoms. The number of hydrogen-bond acceptors (Lipinski definition) is 2. The topological polar surface area (TPSA) is 46.0 Å². The normalized spacial score (nSPS) is 12.4. The van der Waals surface area contributed by atoms with E-state index in [2.05, 4.69) is 225 Å². The second kappa shape index (κ2) is 13.9. The summed E-state index contributed by atoms with van der Waals surface area (Å²) in [6.07, 6.45) is 0. The van der Waals surface area contributed by atoms with Gasteiger partial charge in [-0.15, -0.1) is 0 Å². The van der Waals surface area contributed by atoms with Crippen LogP contribution in [-0.4, -0.2) is 18.3 Å². The third kappa shape index (κ3) is 4.92. The number of aromatic nitrogens is 4. The second-order valence-electron chi connectivity index (χ2n) is 19.2. The molecule has 6 aromatic heterocycles. The minimum Gasteiger partial charge on any atom is -0.456 e. The lowest BCUT2D eigenvalue weighted by Crippen LogP contribution is -2.03. The van der Waals surface area contributed by atoms with Crippen LogP contribution >= 0.6 is 0 Å². The predicted octanol–water partition coefficient (Wildman–Crippen LogP) is 17.9. The Bertz CT molecular complexity index is 4860. The molecule has 6 nitrogen and oxygen atoms in total. The number of furan rings is 2. The van der Waals surface area contributed by atoms with Gasteiger partial charge in [-0.3, -0.25) is 0 Å². The van der Waals surface area contributed by atoms with E-state index in [0.29, 0.717) is 0 Å². The van der Waals surface area contributed by atoms with Gasteiger partial charge in [0.2, 0.25) is 0 Å². The molecule has 72 heavy (non-hydrogen) atoms. The summed E-state index contributed by atoms with van der Waals surface area (Å²) in [6.45, 7) is 0. The van der Waals surface area contributed by atoms with E-state index in [1.54, 1.807) is 0 Å². The van der Waals surface area contributed by atoms with Crippen molar-refractivity contribution in [3.63, 3.8) is 0 Å². The fourth-order valence-electron chi connectivity index (χ4n) is 12.6. The van der Waals surface area contributed by atoms with Crippen molar-refractivity contribution in [2.24, 2.45) is 0 Å². The molecular weight excluding hydrogens is 881 g/mol. The van der Waals surface area contributed by atoms with E-state index >= 15 is 0 Å². The first-order valence-electron chi connectivity index (χ1n) is 24.6. The van der Waals surface area contributed by atoms with Crippen molar-refractivity contribution in [2.45, 2.75) is 0 Å². The van der Waals surface area contributed by atoms with Crippen LogP contribution in [0.2, 0.25) is 0 Å². The molecule has 17 rings (SSSR count). The van der Waals surface area contributed by atoms with Crippen LogP contribution in [0.25, 0.3) is 154 Å². The first-order chi connectivity index (χ1) is 35.7. The smallest absolute Gasteiger partial charge is 0.135 e. The molecule has 0 aliphatic carbocycles. The zero-order valence-corrected chi connectivity index (χ0v) is 38.5. The van der Waals surface area contributed by atoms with Crippen molar-refractivity contribution >= 4 is 131 Å². The Morgan fingerprint density at radius 1 is 0.222 bits per heavy atom. The summed E-state index contributed by atoms with van der Waals surface area (Å²) in [4.78, 5) is 0. The van der Waals surface area contributed by atoms with Crippen LogP contribution in [0.3, 0.4) is 0 Å². The van der Waals surface area contributed by atoms with Gasteiger partial charge in [-0.05, 0) is 97.1 Å². The highest BCUT2D eigenvalue weighted by Crippen LogP contribution is 2.47. The van der Waals surface area contributed by atoms with Gasteiger partial charge in [0.15, 0.2) is 0 Å². The lowest BCUT2D eigenvalue weighted by molar-refractivity contribution is 0.668. The van der Waals surface area contributed by atoms with E-state index < -0.39 is 0 Å². The molecule has 17 aromatic rings. The average Bonchev–Trinajstić information content (AvgIpc) is 4.28. The highest BCUT2D eigenvalue weighted by molar-refractivity contribution is 6.28. The van der Waals surface area contributed by atoms with Crippen molar-refractivity contribution in [1.82, 2.24) is 18.3 Å². The van der Waals surface area contributed by atoms with Gasteiger partial charge in [0.25, 0.3) is 0 Å². The van der Waals surface area contributed by atoms with E-state index in [9.17, 15) is 0 Å². The summed E-state index contributed by atoms with van der Waals surface area (Å²) >= 11 is 0. The van der Waals surface area contributed by atoms with Gasteiger partial charge in [0.1, 0.15) is 22.3 Å². The van der Waals surface area contributed by atoms with Gasteiger partial charge in [-0.1, -0.05) is 133 Å². The standard InChI is InChI=1S/C66H38N4O2/c1-7-21-51-41(15-1)45-31-33-57-63(47-19-3-9-23-53(47)67(57)39-29-35-61-49(37-39)43-17-5-13-27-59(43)71-61)65(45)69(51)55-25-11-12-26-56(55)70-52-22-8-2-16-42(52)46-32-34-58-64(66(46)70)48-20-4-10-24-54(48)68(58)40-30-36-62-50(38-40)44-18-6-14-28-60(44)72-62/h1-38H. The van der Waals surface area contributed by atoms with Crippen LogP contribution in [0.4, 0.5) is 0 Å². The van der Waals surface area contributed by atoms with Crippen molar-refractivity contribution in [1.29, 1.82) is 0 Å². The number of hydrogen-bond donors (Lipinski definition) is 0. The zero-order valence-electron chi connectivity index (χ0n) is 38.5. The van der Waals surface area contributed by atoms with Crippen LogP contribution in [0, 0.1) is 0 Å². The number of benzene rings is 11. The highest BCUT2D eigenvalue weighted by Gasteiger charge is 2.26. The Hall–Kier alpha value is -9.78. The molecular formula is C66H38N4O2. The summed E-state index contributed by atoms with van der Waals surface area (Å²) < 4.78 is 22.6. The summed E-state index contributed by atoms with van der Waals surface area (Å²) in [5.41, 5.74) is 17.2. The summed E-state index contributed by atoms with van der Waals surface area (Å²) in [5.74, 6) is 0. The van der Waals surface area contributed by atoms with Crippen molar-refractivity contribution in [2.75, 3.05) is 0 Å².